The molecule has 5 aromatic rings. The van der Waals surface area contributed by atoms with Gasteiger partial charge in [-0.3, -0.25) is 14.9 Å². The van der Waals surface area contributed by atoms with E-state index in [1.807, 2.05) is 91.0 Å². The smallest absolute Gasteiger partial charge is 0.256 e. The summed E-state index contributed by atoms with van der Waals surface area (Å²) in [6, 6.07) is 26.6. The summed E-state index contributed by atoms with van der Waals surface area (Å²) in [5.74, 6) is -0.203. The number of hydrogen-bond donors (Lipinski definition) is 3. The van der Waals surface area contributed by atoms with Crippen molar-refractivity contribution in [3.63, 3.8) is 0 Å². The van der Waals surface area contributed by atoms with Crippen molar-refractivity contribution in [3.05, 3.63) is 114 Å². The molecule has 1 unspecified atom stereocenters. The Hall–Kier alpha value is -4.20. The SMILES string of the molecule is CC(O)c1cccc(NC(=O)c2ccccc2Sc2ccc3c(/C=C/c4ccccn4)n[nH]c3c2)c1. The van der Waals surface area contributed by atoms with Crippen LogP contribution in [0.5, 0.6) is 0 Å². The number of pyridine rings is 1. The zero-order chi connectivity index (χ0) is 24.9. The second kappa shape index (κ2) is 10.6. The van der Waals surface area contributed by atoms with Gasteiger partial charge in [-0.25, -0.2) is 0 Å². The van der Waals surface area contributed by atoms with Crippen LogP contribution >= 0.6 is 11.8 Å². The Bertz CT molecular complexity index is 1540. The lowest BCUT2D eigenvalue weighted by molar-refractivity contribution is 0.102. The monoisotopic (exact) mass is 492 g/mol. The Balaban J connectivity index is 1.35. The minimum atomic E-state index is -0.604. The molecule has 1 amide bonds. The molecule has 2 aromatic heterocycles. The van der Waals surface area contributed by atoms with Gasteiger partial charge in [-0.15, -0.1) is 0 Å². The van der Waals surface area contributed by atoms with Gasteiger partial charge in [0.15, 0.2) is 0 Å². The van der Waals surface area contributed by atoms with Crippen LogP contribution in [0.25, 0.3) is 23.1 Å². The molecule has 5 rings (SSSR count). The molecule has 0 aliphatic heterocycles. The number of carbonyl (C=O) groups is 1. The maximum atomic E-state index is 13.1. The summed E-state index contributed by atoms with van der Waals surface area (Å²) in [5.41, 5.74) is 4.59. The van der Waals surface area contributed by atoms with Crippen LogP contribution in [0, 0.1) is 0 Å². The third kappa shape index (κ3) is 5.38. The first-order valence-corrected chi connectivity index (χ1v) is 12.3. The van der Waals surface area contributed by atoms with Crippen LogP contribution in [0.4, 0.5) is 5.69 Å². The van der Waals surface area contributed by atoms with E-state index in [4.69, 9.17) is 0 Å². The standard InChI is InChI=1S/C29H24N4O2S/c1-19(34)20-7-6-9-22(17-20)31-29(35)25-10-2-3-11-28(25)36-23-13-14-24-26(32-33-27(24)18-23)15-12-21-8-4-5-16-30-21/h2-19,34H,1H3,(H,31,35)(H,32,33)/b15-12+. The molecule has 178 valence electrons. The summed E-state index contributed by atoms with van der Waals surface area (Å²) < 4.78 is 0. The fourth-order valence-electron chi connectivity index (χ4n) is 3.79. The normalized spacial score (nSPS) is 12.2. The van der Waals surface area contributed by atoms with Crippen molar-refractivity contribution in [2.24, 2.45) is 0 Å². The molecule has 0 saturated heterocycles. The number of aromatic amines is 1. The highest BCUT2D eigenvalue weighted by Crippen LogP contribution is 2.33. The van der Waals surface area contributed by atoms with Gasteiger partial charge in [0.25, 0.3) is 5.91 Å². The van der Waals surface area contributed by atoms with E-state index in [-0.39, 0.29) is 5.91 Å². The van der Waals surface area contributed by atoms with Gasteiger partial charge in [0.2, 0.25) is 0 Å². The summed E-state index contributed by atoms with van der Waals surface area (Å²) in [7, 11) is 0. The fourth-order valence-corrected chi connectivity index (χ4v) is 4.78. The maximum Gasteiger partial charge on any atom is 0.256 e. The molecule has 6 nitrogen and oxygen atoms in total. The predicted molar refractivity (Wildman–Crippen MR) is 145 cm³/mol. The van der Waals surface area contributed by atoms with E-state index in [0.29, 0.717) is 11.3 Å². The lowest BCUT2D eigenvalue weighted by Gasteiger charge is -2.12. The first-order valence-electron chi connectivity index (χ1n) is 11.5. The second-order valence-corrected chi connectivity index (χ2v) is 9.37. The highest BCUT2D eigenvalue weighted by Gasteiger charge is 2.14. The topological polar surface area (TPSA) is 90.9 Å². The Kier molecular flexibility index (Phi) is 6.93. The molecule has 0 saturated carbocycles. The number of anilines is 1. The summed E-state index contributed by atoms with van der Waals surface area (Å²) in [6.45, 7) is 1.70. The van der Waals surface area contributed by atoms with Crippen LogP contribution in [0.3, 0.4) is 0 Å². The molecular weight excluding hydrogens is 468 g/mol. The molecule has 0 bridgehead atoms. The van der Waals surface area contributed by atoms with E-state index in [1.54, 1.807) is 19.2 Å². The molecule has 0 fully saturated rings. The Morgan fingerprint density at radius 2 is 1.86 bits per heavy atom. The molecule has 36 heavy (non-hydrogen) atoms. The Morgan fingerprint density at radius 1 is 1.00 bits per heavy atom. The van der Waals surface area contributed by atoms with Crippen molar-refractivity contribution in [1.82, 2.24) is 15.2 Å². The number of hydrogen-bond acceptors (Lipinski definition) is 5. The Labute approximate surface area is 213 Å². The van der Waals surface area contributed by atoms with Crippen molar-refractivity contribution >= 4 is 46.4 Å². The number of amides is 1. The van der Waals surface area contributed by atoms with Gasteiger partial charge in [-0.2, -0.15) is 5.10 Å². The van der Waals surface area contributed by atoms with Crippen LogP contribution < -0.4 is 5.32 Å². The van der Waals surface area contributed by atoms with Crippen molar-refractivity contribution in [1.29, 1.82) is 0 Å². The number of nitrogens with one attached hydrogen (secondary N) is 2. The molecular formula is C29H24N4O2S. The van der Waals surface area contributed by atoms with Gasteiger partial charge in [0.1, 0.15) is 0 Å². The third-order valence-corrected chi connectivity index (χ3v) is 6.72. The summed E-state index contributed by atoms with van der Waals surface area (Å²) in [4.78, 5) is 19.2. The molecule has 0 radical (unpaired) electrons. The summed E-state index contributed by atoms with van der Waals surface area (Å²) in [6.07, 6.45) is 5.04. The van der Waals surface area contributed by atoms with Crippen LogP contribution in [-0.4, -0.2) is 26.2 Å². The number of benzene rings is 3. The van der Waals surface area contributed by atoms with E-state index in [0.717, 1.165) is 37.6 Å². The van der Waals surface area contributed by atoms with Crippen LogP contribution in [0.15, 0.2) is 101 Å². The van der Waals surface area contributed by atoms with E-state index < -0.39 is 6.10 Å². The fraction of sp³-hybridized carbons (Fsp3) is 0.0690. The van der Waals surface area contributed by atoms with Crippen LogP contribution in [0.2, 0.25) is 0 Å². The van der Waals surface area contributed by atoms with Crippen molar-refractivity contribution in [2.45, 2.75) is 22.8 Å². The second-order valence-electron chi connectivity index (χ2n) is 8.26. The summed E-state index contributed by atoms with van der Waals surface area (Å²) >= 11 is 1.52. The van der Waals surface area contributed by atoms with Crippen LogP contribution in [0.1, 0.15) is 40.3 Å². The molecule has 3 aromatic carbocycles. The maximum absolute atomic E-state index is 13.1. The number of aromatic nitrogens is 3. The van der Waals surface area contributed by atoms with Gasteiger partial charge < -0.3 is 10.4 Å². The first-order chi connectivity index (χ1) is 17.6. The molecule has 0 spiro atoms. The first kappa shape index (κ1) is 23.5. The summed E-state index contributed by atoms with van der Waals surface area (Å²) in [5, 5.41) is 21.3. The molecule has 2 heterocycles. The Morgan fingerprint density at radius 3 is 2.69 bits per heavy atom. The van der Waals surface area contributed by atoms with Gasteiger partial charge in [-0.1, -0.05) is 42.1 Å². The van der Waals surface area contributed by atoms with E-state index in [9.17, 15) is 9.90 Å². The molecule has 7 heteroatoms. The van der Waals surface area contributed by atoms with E-state index in [2.05, 4.69) is 20.5 Å². The lowest BCUT2D eigenvalue weighted by Crippen LogP contribution is -2.13. The third-order valence-electron chi connectivity index (χ3n) is 5.65. The van der Waals surface area contributed by atoms with Gasteiger partial charge >= 0.3 is 0 Å². The lowest BCUT2D eigenvalue weighted by atomic mass is 10.1. The average Bonchev–Trinajstić information content (AvgIpc) is 3.30. The zero-order valence-electron chi connectivity index (χ0n) is 19.6. The van der Waals surface area contributed by atoms with E-state index in [1.165, 1.54) is 11.8 Å². The minimum Gasteiger partial charge on any atom is -0.389 e. The van der Waals surface area contributed by atoms with Crippen molar-refractivity contribution in [3.8, 4) is 0 Å². The molecule has 0 aliphatic carbocycles. The minimum absolute atomic E-state index is 0.203. The number of H-pyrrole nitrogens is 1. The number of nitrogens with zero attached hydrogens (tertiary/aromatic N) is 2. The number of fused-ring (bicyclic) bond motifs is 1. The highest BCUT2D eigenvalue weighted by molar-refractivity contribution is 7.99. The van der Waals surface area contributed by atoms with Gasteiger partial charge in [0.05, 0.1) is 28.6 Å². The number of rotatable bonds is 7. The number of aliphatic hydroxyl groups excluding tert-OH is 1. The number of carbonyl (C=O) groups excluding carboxylic acids is 1. The largest absolute Gasteiger partial charge is 0.389 e. The predicted octanol–water partition coefficient (Wildman–Crippen LogP) is 6.59. The van der Waals surface area contributed by atoms with Crippen molar-refractivity contribution < 1.29 is 9.90 Å². The molecule has 3 N–H and O–H groups in total. The number of aliphatic hydroxyl groups is 1. The van der Waals surface area contributed by atoms with Gasteiger partial charge in [-0.05, 0) is 79.2 Å². The van der Waals surface area contributed by atoms with Crippen molar-refractivity contribution in [2.75, 3.05) is 5.32 Å². The van der Waals surface area contributed by atoms with Gasteiger partial charge in [0, 0.05) is 27.1 Å². The highest BCUT2D eigenvalue weighted by atomic mass is 32.2. The zero-order valence-corrected chi connectivity index (χ0v) is 20.4. The van der Waals surface area contributed by atoms with Crippen LogP contribution in [-0.2, 0) is 0 Å². The molecule has 1 atom stereocenters. The van der Waals surface area contributed by atoms with E-state index >= 15 is 0 Å². The quantitative estimate of drug-likeness (QED) is 0.239. The molecule has 0 aliphatic rings. The average molecular weight is 493 g/mol.